The number of para-hydroxylation sites is 1. The lowest BCUT2D eigenvalue weighted by Crippen LogP contribution is -2.33. The maximum Gasteiger partial charge on any atom is 0.251 e. The van der Waals surface area contributed by atoms with Crippen LogP contribution in [-0.2, 0) is 29.0 Å². The van der Waals surface area contributed by atoms with Crippen molar-refractivity contribution in [3.05, 3.63) is 64.7 Å². The number of rotatable bonds is 6. The van der Waals surface area contributed by atoms with E-state index in [2.05, 4.69) is 10.6 Å². The van der Waals surface area contributed by atoms with Gasteiger partial charge in [-0.05, 0) is 48.6 Å². The van der Waals surface area contributed by atoms with Crippen molar-refractivity contribution in [3.8, 4) is 0 Å². The zero-order valence-corrected chi connectivity index (χ0v) is 14.3. The highest BCUT2D eigenvalue weighted by Crippen LogP contribution is 2.22. The van der Waals surface area contributed by atoms with Gasteiger partial charge in [0.2, 0.25) is 5.91 Å². The molecule has 0 aliphatic heterocycles. The zero-order chi connectivity index (χ0) is 17.6. The quantitative estimate of drug-likeness (QED) is 0.851. The van der Waals surface area contributed by atoms with Crippen LogP contribution in [-0.4, -0.2) is 25.5 Å². The average Bonchev–Trinajstić information content (AvgIpc) is 3.09. The van der Waals surface area contributed by atoms with Crippen LogP contribution in [0.3, 0.4) is 0 Å². The van der Waals surface area contributed by atoms with Crippen LogP contribution >= 0.6 is 0 Å². The Morgan fingerprint density at radius 2 is 1.88 bits per heavy atom. The number of carbonyl (C=O) groups excluding carboxylic acids is 2. The van der Waals surface area contributed by atoms with Gasteiger partial charge in [0, 0.05) is 23.9 Å². The van der Waals surface area contributed by atoms with Crippen LogP contribution in [0.5, 0.6) is 0 Å². The monoisotopic (exact) mass is 338 g/mol. The molecule has 0 fully saturated rings. The van der Waals surface area contributed by atoms with E-state index in [0.717, 1.165) is 24.8 Å². The molecule has 2 aromatic rings. The Morgan fingerprint density at radius 3 is 2.72 bits per heavy atom. The number of anilines is 1. The van der Waals surface area contributed by atoms with Crippen LogP contribution in [0.1, 0.15) is 33.5 Å². The number of fused-ring (bicyclic) bond motifs is 1. The van der Waals surface area contributed by atoms with Gasteiger partial charge in [0.1, 0.15) is 0 Å². The van der Waals surface area contributed by atoms with Gasteiger partial charge in [-0.1, -0.05) is 24.3 Å². The van der Waals surface area contributed by atoms with Gasteiger partial charge in [-0.3, -0.25) is 9.59 Å². The lowest BCUT2D eigenvalue weighted by Gasteiger charge is -2.11. The van der Waals surface area contributed by atoms with E-state index in [1.807, 2.05) is 42.5 Å². The van der Waals surface area contributed by atoms with Crippen LogP contribution in [0.2, 0.25) is 0 Å². The largest absolute Gasteiger partial charge is 0.380 e. The first-order chi connectivity index (χ1) is 12.2. The molecule has 0 saturated heterocycles. The maximum atomic E-state index is 12.3. The highest BCUT2D eigenvalue weighted by atomic mass is 16.5. The van der Waals surface area contributed by atoms with E-state index in [0.29, 0.717) is 17.9 Å². The Kier molecular flexibility index (Phi) is 5.46. The predicted octanol–water partition coefficient (Wildman–Crippen LogP) is 2.69. The van der Waals surface area contributed by atoms with Crippen LogP contribution in [0.25, 0.3) is 0 Å². The van der Waals surface area contributed by atoms with E-state index < -0.39 is 0 Å². The van der Waals surface area contributed by atoms with E-state index in [9.17, 15) is 9.59 Å². The summed E-state index contributed by atoms with van der Waals surface area (Å²) in [5.41, 5.74) is 4.76. The number of aryl methyl sites for hydroxylation is 2. The first-order valence-electron chi connectivity index (χ1n) is 8.44. The van der Waals surface area contributed by atoms with Crippen molar-refractivity contribution in [1.82, 2.24) is 5.32 Å². The average molecular weight is 338 g/mol. The van der Waals surface area contributed by atoms with E-state index in [-0.39, 0.29) is 18.4 Å². The molecule has 0 bridgehead atoms. The molecule has 0 heterocycles. The molecule has 130 valence electrons. The fourth-order valence-corrected chi connectivity index (χ4v) is 3.09. The van der Waals surface area contributed by atoms with Crippen LogP contribution in [0.15, 0.2) is 42.5 Å². The molecule has 0 saturated carbocycles. The van der Waals surface area contributed by atoms with Crippen molar-refractivity contribution in [2.45, 2.75) is 25.9 Å². The highest BCUT2D eigenvalue weighted by Gasteiger charge is 2.14. The molecule has 0 spiro atoms. The number of carbonyl (C=O) groups is 2. The molecular weight excluding hydrogens is 316 g/mol. The van der Waals surface area contributed by atoms with Crippen LogP contribution < -0.4 is 10.6 Å². The van der Waals surface area contributed by atoms with Gasteiger partial charge in [0.25, 0.3) is 5.91 Å². The molecule has 1 aliphatic carbocycles. The number of benzene rings is 2. The summed E-state index contributed by atoms with van der Waals surface area (Å²) in [6.45, 7) is 0.342. The van der Waals surface area contributed by atoms with Gasteiger partial charge in [-0.15, -0.1) is 0 Å². The third kappa shape index (κ3) is 4.25. The molecule has 2 N–H and O–H groups in total. The summed E-state index contributed by atoms with van der Waals surface area (Å²) in [6.07, 6.45) is 3.25. The number of ether oxygens (including phenoxy) is 1. The molecule has 2 amide bonds. The van der Waals surface area contributed by atoms with Gasteiger partial charge < -0.3 is 15.4 Å². The molecule has 0 atom stereocenters. The van der Waals surface area contributed by atoms with Gasteiger partial charge in [-0.2, -0.15) is 0 Å². The minimum atomic E-state index is -0.266. The molecular formula is C20H22N2O3. The number of methoxy groups -OCH3 is 1. The summed E-state index contributed by atoms with van der Waals surface area (Å²) in [5, 5.41) is 5.49. The number of nitrogens with one attached hydrogen (secondary N) is 2. The summed E-state index contributed by atoms with van der Waals surface area (Å²) in [4.78, 5) is 24.4. The second kappa shape index (κ2) is 7.94. The summed E-state index contributed by atoms with van der Waals surface area (Å²) < 4.78 is 5.12. The topological polar surface area (TPSA) is 67.4 Å². The minimum absolute atomic E-state index is 0.0722. The summed E-state index contributed by atoms with van der Waals surface area (Å²) in [6, 6.07) is 13.2. The SMILES string of the molecule is COCc1ccccc1NC(=O)CNC(=O)c1ccc2c(c1)CCC2. The Hall–Kier alpha value is -2.66. The Labute approximate surface area is 147 Å². The van der Waals surface area contributed by atoms with Crippen molar-refractivity contribution in [2.24, 2.45) is 0 Å². The third-order valence-corrected chi connectivity index (χ3v) is 4.36. The van der Waals surface area contributed by atoms with Crippen LogP contribution in [0, 0.1) is 0 Å². The smallest absolute Gasteiger partial charge is 0.251 e. The van der Waals surface area contributed by atoms with E-state index in [1.54, 1.807) is 7.11 Å². The molecule has 1 aliphatic rings. The molecule has 25 heavy (non-hydrogen) atoms. The van der Waals surface area contributed by atoms with Gasteiger partial charge in [-0.25, -0.2) is 0 Å². The van der Waals surface area contributed by atoms with Crippen molar-refractivity contribution in [3.63, 3.8) is 0 Å². The molecule has 5 nitrogen and oxygen atoms in total. The van der Waals surface area contributed by atoms with E-state index in [4.69, 9.17) is 4.74 Å². The van der Waals surface area contributed by atoms with Gasteiger partial charge in [0.15, 0.2) is 0 Å². The Morgan fingerprint density at radius 1 is 1.08 bits per heavy atom. The molecule has 3 rings (SSSR count). The molecule has 5 heteroatoms. The van der Waals surface area contributed by atoms with Crippen LogP contribution in [0.4, 0.5) is 5.69 Å². The zero-order valence-electron chi connectivity index (χ0n) is 14.3. The first kappa shape index (κ1) is 17.2. The lowest BCUT2D eigenvalue weighted by molar-refractivity contribution is -0.115. The number of hydrogen-bond donors (Lipinski definition) is 2. The molecule has 0 radical (unpaired) electrons. The summed E-state index contributed by atoms with van der Waals surface area (Å²) >= 11 is 0. The second-order valence-corrected chi connectivity index (χ2v) is 6.16. The Balaban J connectivity index is 1.56. The Bertz CT molecular complexity index is 786. The summed E-state index contributed by atoms with van der Waals surface area (Å²) in [7, 11) is 1.61. The predicted molar refractivity (Wildman–Crippen MR) is 96.6 cm³/mol. The first-order valence-corrected chi connectivity index (χ1v) is 8.44. The second-order valence-electron chi connectivity index (χ2n) is 6.16. The normalized spacial score (nSPS) is 12.5. The third-order valence-electron chi connectivity index (χ3n) is 4.36. The number of hydrogen-bond acceptors (Lipinski definition) is 3. The minimum Gasteiger partial charge on any atom is -0.380 e. The molecule has 2 aromatic carbocycles. The van der Waals surface area contributed by atoms with E-state index in [1.165, 1.54) is 11.1 Å². The molecule has 0 aromatic heterocycles. The maximum absolute atomic E-state index is 12.3. The van der Waals surface area contributed by atoms with E-state index >= 15 is 0 Å². The van der Waals surface area contributed by atoms with Gasteiger partial charge >= 0.3 is 0 Å². The number of amides is 2. The van der Waals surface area contributed by atoms with Crippen molar-refractivity contribution in [1.29, 1.82) is 0 Å². The van der Waals surface area contributed by atoms with Crippen molar-refractivity contribution in [2.75, 3.05) is 19.0 Å². The van der Waals surface area contributed by atoms with Crippen molar-refractivity contribution < 1.29 is 14.3 Å². The standard InChI is InChI=1S/C20H22N2O3/c1-25-13-17-5-2-3-8-18(17)22-19(23)12-21-20(24)16-10-9-14-6-4-7-15(14)11-16/h2-3,5,8-11H,4,6-7,12-13H2,1H3,(H,21,24)(H,22,23). The fraction of sp³-hybridized carbons (Fsp3) is 0.300. The highest BCUT2D eigenvalue weighted by molar-refractivity contribution is 5.99. The summed E-state index contributed by atoms with van der Waals surface area (Å²) in [5.74, 6) is -0.493. The van der Waals surface area contributed by atoms with Gasteiger partial charge in [0.05, 0.1) is 13.2 Å². The lowest BCUT2D eigenvalue weighted by atomic mass is 10.1. The molecule has 0 unspecified atom stereocenters. The fourth-order valence-electron chi connectivity index (χ4n) is 3.09. The van der Waals surface area contributed by atoms with Crippen molar-refractivity contribution >= 4 is 17.5 Å².